The van der Waals surface area contributed by atoms with E-state index in [9.17, 15) is 13.2 Å². The average molecular weight is 388 g/mol. The molecule has 144 valence electrons. The van der Waals surface area contributed by atoms with Gasteiger partial charge in [0.15, 0.2) is 9.84 Å². The summed E-state index contributed by atoms with van der Waals surface area (Å²) in [6.07, 6.45) is 0.473. The summed E-state index contributed by atoms with van der Waals surface area (Å²) in [7, 11) is -3.07. The fraction of sp³-hybridized carbons (Fsp3) is 0.421. The molecule has 2 heterocycles. The van der Waals surface area contributed by atoms with Gasteiger partial charge in [0.1, 0.15) is 5.69 Å². The van der Waals surface area contributed by atoms with E-state index in [4.69, 9.17) is 0 Å². The SMILES string of the molecule is CCN(C(=O)c1cc(C)nc(Nc2ccccc2C)n1)C1CCS(=O)(=O)C1. The normalized spacial score (nSPS) is 18.3. The van der Waals surface area contributed by atoms with E-state index < -0.39 is 9.84 Å². The van der Waals surface area contributed by atoms with Crippen molar-refractivity contribution in [1.29, 1.82) is 0 Å². The second-order valence-corrected chi connectivity index (χ2v) is 9.03. The largest absolute Gasteiger partial charge is 0.334 e. The molecule has 0 bridgehead atoms. The number of hydrogen-bond donors (Lipinski definition) is 1. The van der Waals surface area contributed by atoms with Crippen molar-refractivity contribution < 1.29 is 13.2 Å². The minimum absolute atomic E-state index is 0.0188. The second-order valence-electron chi connectivity index (χ2n) is 6.81. The number of carbonyl (C=O) groups excluding carboxylic acids is 1. The van der Waals surface area contributed by atoms with Gasteiger partial charge in [0.2, 0.25) is 5.95 Å². The van der Waals surface area contributed by atoms with Gasteiger partial charge in [-0.25, -0.2) is 18.4 Å². The first-order valence-electron chi connectivity index (χ1n) is 8.99. The minimum atomic E-state index is -3.07. The van der Waals surface area contributed by atoms with Crippen LogP contribution in [0.25, 0.3) is 0 Å². The Bertz CT molecular complexity index is 959. The standard InChI is InChI=1S/C19H24N4O3S/c1-4-23(15-9-10-27(25,26)12-15)18(24)17-11-14(3)20-19(22-17)21-16-8-6-5-7-13(16)2/h5-8,11,15H,4,9-10,12H2,1-3H3,(H,20,21,22). The highest BCUT2D eigenvalue weighted by molar-refractivity contribution is 7.91. The predicted octanol–water partition coefficient (Wildman–Crippen LogP) is 2.49. The molecule has 1 unspecified atom stereocenters. The molecule has 7 nitrogen and oxygen atoms in total. The van der Waals surface area contributed by atoms with Crippen LogP contribution in [0.3, 0.4) is 0 Å². The van der Waals surface area contributed by atoms with Crippen LogP contribution in [-0.4, -0.2) is 53.3 Å². The first kappa shape index (κ1) is 19.3. The highest BCUT2D eigenvalue weighted by Gasteiger charge is 2.34. The number of nitrogens with one attached hydrogen (secondary N) is 1. The van der Waals surface area contributed by atoms with Crippen molar-refractivity contribution in [3.05, 3.63) is 47.3 Å². The van der Waals surface area contributed by atoms with Crippen LogP contribution in [0.4, 0.5) is 11.6 Å². The number of anilines is 2. The van der Waals surface area contributed by atoms with Crippen molar-refractivity contribution in [2.24, 2.45) is 0 Å². The lowest BCUT2D eigenvalue weighted by Crippen LogP contribution is -2.41. The molecule has 1 fully saturated rings. The smallest absolute Gasteiger partial charge is 0.272 e. The van der Waals surface area contributed by atoms with Crippen molar-refractivity contribution in [3.8, 4) is 0 Å². The number of hydrogen-bond acceptors (Lipinski definition) is 6. The molecule has 3 rings (SSSR count). The van der Waals surface area contributed by atoms with E-state index in [1.54, 1.807) is 17.9 Å². The first-order valence-corrected chi connectivity index (χ1v) is 10.8. The summed E-state index contributed by atoms with van der Waals surface area (Å²) in [6, 6.07) is 9.10. The number of sulfone groups is 1. The number of carbonyl (C=O) groups is 1. The molecule has 0 radical (unpaired) electrons. The summed E-state index contributed by atoms with van der Waals surface area (Å²) in [6.45, 7) is 6.06. The van der Waals surface area contributed by atoms with Gasteiger partial charge in [-0.2, -0.15) is 0 Å². The molecule has 1 N–H and O–H groups in total. The fourth-order valence-electron chi connectivity index (χ4n) is 3.30. The van der Waals surface area contributed by atoms with Gasteiger partial charge in [-0.1, -0.05) is 18.2 Å². The number of amides is 1. The van der Waals surface area contributed by atoms with Crippen LogP contribution in [0.1, 0.15) is 35.1 Å². The average Bonchev–Trinajstić information content (AvgIpc) is 2.96. The van der Waals surface area contributed by atoms with Crippen LogP contribution in [0, 0.1) is 13.8 Å². The Morgan fingerprint density at radius 2 is 2.00 bits per heavy atom. The number of aromatic nitrogens is 2. The molecule has 1 amide bonds. The van der Waals surface area contributed by atoms with Crippen molar-refractivity contribution in [2.45, 2.75) is 33.2 Å². The molecule has 0 aliphatic carbocycles. The number of para-hydroxylation sites is 1. The molecular weight excluding hydrogens is 364 g/mol. The van der Waals surface area contributed by atoms with Crippen LogP contribution in [-0.2, 0) is 9.84 Å². The minimum Gasteiger partial charge on any atom is -0.334 e. The molecule has 1 aromatic heterocycles. The van der Waals surface area contributed by atoms with E-state index >= 15 is 0 Å². The Hall–Kier alpha value is -2.48. The Kier molecular flexibility index (Phi) is 5.46. The van der Waals surface area contributed by atoms with Crippen LogP contribution >= 0.6 is 0 Å². The van der Waals surface area contributed by atoms with Crippen molar-refractivity contribution in [3.63, 3.8) is 0 Å². The van der Waals surface area contributed by atoms with Gasteiger partial charge in [-0.15, -0.1) is 0 Å². The van der Waals surface area contributed by atoms with Gasteiger partial charge in [0, 0.05) is 24.0 Å². The lowest BCUT2D eigenvalue weighted by Gasteiger charge is -2.26. The quantitative estimate of drug-likeness (QED) is 0.846. The van der Waals surface area contributed by atoms with E-state index in [2.05, 4.69) is 15.3 Å². The molecule has 27 heavy (non-hydrogen) atoms. The number of aryl methyl sites for hydroxylation is 2. The third-order valence-corrected chi connectivity index (χ3v) is 6.47. The zero-order valence-electron chi connectivity index (χ0n) is 15.8. The molecule has 0 saturated carbocycles. The maximum absolute atomic E-state index is 13.0. The van der Waals surface area contributed by atoms with Gasteiger partial charge in [0.05, 0.1) is 11.5 Å². The molecule has 1 saturated heterocycles. The van der Waals surface area contributed by atoms with E-state index in [0.717, 1.165) is 11.3 Å². The van der Waals surface area contributed by atoms with E-state index in [-0.39, 0.29) is 29.1 Å². The maximum Gasteiger partial charge on any atom is 0.272 e. The Morgan fingerprint density at radius 3 is 2.63 bits per heavy atom. The number of nitrogens with zero attached hydrogens (tertiary/aromatic N) is 3. The summed E-state index contributed by atoms with van der Waals surface area (Å²) < 4.78 is 23.6. The monoisotopic (exact) mass is 388 g/mol. The summed E-state index contributed by atoms with van der Waals surface area (Å²) in [5.41, 5.74) is 2.85. The maximum atomic E-state index is 13.0. The van der Waals surface area contributed by atoms with Crippen molar-refractivity contribution in [2.75, 3.05) is 23.4 Å². The Morgan fingerprint density at radius 1 is 1.26 bits per heavy atom. The van der Waals surface area contributed by atoms with Gasteiger partial charge in [-0.3, -0.25) is 4.79 Å². The van der Waals surface area contributed by atoms with Crippen molar-refractivity contribution >= 4 is 27.4 Å². The molecule has 1 aromatic carbocycles. The van der Waals surface area contributed by atoms with Crippen LogP contribution in [0.5, 0.6) is 0 Å². The summed E-state index contributed by atoms with van der Waals surface area (Å²) in [5.74, 6) is 0.232. The first-order chi connectivity index (χ1) is 12.8. The van der Waals surface area contributed by atoms with Crippen LogP contribution < -0.4 is 5.32 Å². The summed E-state index contributed by atoms with van der Waals surface area (Å²) in [4.78, 5) is 23.4. The van der Waals surface area contributed by atoms with Gasteiger partial charge >= 0.3 is 0 Å². The van der Waals surface area contributed by atoms with Gasteiger partial charge in [0.25, 0.3) is 5.91 Å². The predicted molar refractivity (Wildman–Crippen MR) is 105 cm³/mol. The molecular formula is C19H24N4O3S. The summed E-state index contributed by atoms with van der Waals surface area (Å²) >= 11 is 0. The molecule has 1 aliphatic rings. The topological polar surface area (TPSA) is 92.3 Å². The van der Waals surface area contributed by atoms with E-state index in [1.807, 2.05) is 38.1 Å². The molecule has 1 aliphatic heterocycles. The zero-order chi connectivity index (χ0) is 19.6. The molecule has 2 aromatic rings. The molecule has 0 spiro atoms. The fourth-order valence-corrected chi connectivity index (χ4v) is 5.03. The van der Waals surface area contributed by atoms with Crippen LogP contribution in [0.2, 0.25) is 0 Å². The van der Waals surface area contributed by atoms with E-state index in [1.165, 1.54) is 0 Å². The van der Waals surface area contributed by atoms with Crippen LogP contribution in [0.15, 0.2) is 30.3 Å². The Balaban J connectivity index is 1.86. The lowest BCUT2D eigenvalue weighted by molar-refractivity contribution is 0.0702. The second kappa shape index (κ2) is 7.64. The highest BCUT2D eigenvalue weighted by atomic mass is 32.2. The number of rotatable bonds is 5. The highest BCUT2D eigenvalue weighted by Crippen LogP contribution is 2.21. The third kappa shape index (κ3) is 4.44. The van der Waals surface area contributed by atoms with Gasteiger partial charge < -0.3 is 10.2 Å². The number of benzene rings is 1. The van der Waals surface area contributed by atoms with Crippen molar-refractivity contribution in [1.82, 2.24) is 14.9 Å². The summed E-state index contributed by atoms with van der Waals surface area (Å²) in [5, 5.41) is 3.16. The van der Waals surface area contributed by atoms with Gasteiger partial charge in [-0.05, 0) is 44.9 Å². The lowest BCUT2D eigenvalue weighted by atomic mass is 10.2. The Labute approximate surface area is 159 Å². The zero-order valence-corrected chi connectivity index (χ0v) is 16.6. The van der Waals surface area contributed by atoms with E-state index in [0.29, 0.717) is 24.6 Å². The molecule has 8 heteroatoms. The molecule has 1 atom stereocenters. The third-order valence-electron chi connectivity index (χ3n) is 4.72.